The summed E-state index contributed by atoms with van der Waals surface area (Å²) < 4.78 is 5.78. The zero-order valence-corrected chi connectivity index (χ0v) is 19.9. The van der Waals surface area contributed by atoms with Crippen molar-refractivity contribution in [2.75, 3.05) is 0 Å². The molecule has 0 bridgehead atoms. The summed E-state index contributed by atoms with van der Waals surface area (Å²) >= 11 is 0. The van der Waals surface area contributed by atoms with Crippen LogP contribution < -0.4 is 0 Å². The summed E-state index contributed by atoms with van der Waals surface area (Å²) in [6, 6.07) is 27.3. The van der Waals surface area contributed by atoms with E-state index in [0.717, 1.165) is 22.4 Å². The van der Waals surface area contributed by atoms with E-state index in [1.807, 2.05) is 93.6 Å². The summed E-state index contributed by atoms with van der Waals surface area (Å²) in [5, 5.41) is 0. The second-order valence-electron chi connectivity index (χ2n) is 10.0. The second kappa shape index (κ2) is 9.52. The van der Waals surface area contributed by atoms with Crippen LogP contribution in [0.3, 0.4) is 0 Å². The van der Waals surface area contributed by atoms with Crippen molar-refractivity contribution in [1.82, 2.24) is 0 Å². The average molecular weight is 428 g/mol. The first-order chi connectivity index (χ1) is 15.0. The molecule has 0 fully saturated rings. The minimum Gasteiger partial charge on any atom is -0.458 e. The van der Waals surface area contributed by atoms with Crippen molar-refractivity contribution in [2.45, 2.75) is 58.6 Å². The molecule has 3 heteroatoms. The maximum absolute atomic E-state index is 13.3. The summed E-state index contributed by atoms with van der Waals surface area (Å²) in [5.41, 5.74) is 4.13. The van der Waals surface area contributed by atoms with Gasteiger partial charge in [-0.25, -0.2) is 4.79 Å². The first-order valence-electron chi connectivity index (χ1n) is 11.1. The van der Waals surface area contributed by atoms with Crippen LogP contribution in [0.2, 0.25) is 0 Å². The van der Waals surface area contributed by atoms with Crippen molar-refractivity contribution in [2.24, 2.45) is 4.99 Å². The topological polar surface area (TPSA) is 38.7 Å². The predicted molar refractivity (Wildman–Crippen MR) is 132 cm³/mol. The lowest BCUT2D eigenvalue weighted by molar-refractivity contribution is -0.156. The predicted octanol–water partition coefficient (Wildman–Crippen LogP) is 6.90. The Kier molecular flexibility index (Phi) is 6.98. The highest BCUT2D eigenvalue weighted by Crippen LogP contribution is 2.28. The van der Waals surface area contributed by atoms with Gasteiger partial charge < -0.3 is 4.74 Å². The Balaban J connectivity index is 2.14. The van der Waals surface area contributed by atoms with Gasteiger partial charge in [0.2, 0.25) is 0 Å². The van der Waals surface area contributed by atoms with Crippen LogP contribution in [-0.2, 0) is 14.9 Å². The van der Waals surface area contributed by atoms with Gasteiger partial charge in [0.1, 0.15) is 5.60 Å². The summed E-state index contributed by atoms with van der Waals surface area (Å²) in [7, 11) is 0. The van der Waals surface area contributed by atoms with Crippen LogP contribution >= 0.6 is 0 Å². The molecular weight excluding hydrogens is 394 g/mol. The zero-order chi connectivity index (χ0) is 23.4. The third-order valence-corrected chi connectivity index (χ3v) is 5.08. The van der Waals surface area contributed by atoms with Crippen LogP contribution in [0.5, 0.6) is 0 Å². The molecule has 166 valence electrons. The molecule has 3 aromatic carbocycles. The first-order valence-corrected chi connectivity index (χ1v) is 11.1. The van der Waals surface area contributed by atoms with Crippen LogP contribution in [0, 0.1) is 0 Å². The molecule has 0 aliphatic heterocycles. The summed E-state index contributed by atoms with van der Waals surface area (Å²) in [6.45, 7) is 12.2. The minimum atomic E-state index is -0.765. The fourth-order valence-corrected chi connectivity index (χ4v) is 3.42. The van der Waals surface area contributed by atoms with Crippen LogP contribution in [0.25, 0.3) is 0 Å². The first kappa shape index (κ1) is 23.5. The lowest BCUT2D eigenvalue weighted by Crippen LogP contribution is -2.28. The molecule has 0 aromatic heterocycles. The molecule has 0 spiro atoms. The molecular formula is C29H33NO2. The molecule has 3 rings (SSSR count). The molecule has 0 unspecified atom stereocenters. The summed E-state index contributed by atoms with van der Waals surface area (Å²) in [5.74, 6) is -0.356. The molecule has 0 N–H and O–H groups in total. The maximum atomic E-state index is 13.3. The van der Waals surface area contributed by atoms with Gasteiger partial charge in [0.05, 0.1) is 5.71 Å². The lowest BCUT2D eigenvalue weighted by Gasteiger charge is -2.24. The van der Waals surface area contributed by atoms with Crippen LogP contribution in [0.15, 0.2) is 89.9 Å². The zero-order valence-electron chi connectivity index (χ0n) is 19.9. The molecule has 0 radical (unpaired) electrons. The van der Waals surface area contributed by atoms with Gasteiger partial charge in [-0.3, -0.25) is 4.99 Å². The monoisotopic (exact) mass is 427 g/mol. The summed E-state index contributed by atoms with van der Waals surface area (Å²) in [4.78, 5) is 18.3. The van der Waals surface area contributed by atoms with Crippen LogP contribution in [0.1, 0.15) is 69.8 Å². The molecule has 0 saturated carbocycles. The number of hydrogen-bond donors (Lipinski definition) is 0. The highest BCUT2D eigenvalue weighted by Gasteiger charge is 2.28. The van der Waals surface area contributed by atoms with Crippen molar-refractivity contribution in [3.63, 3.8) is 0 Å². The molecule has 1 atom stereocenters. The molecule has 0 saturated heterocycles. The number of ether oxygens (including phenoxy) is 1. The van der Waals surface area contributed by atoms with E-state index in [9.17, 15) is 4.79 Å². The van der Waals surface area contributed by atoms with E-state index in [4.69, 9.17) is 9.73 Å². The Hall–Kier alpha value is -3.20. The molecule has 3 aromatic rings. The SMILES string of the molecule is CC(C)(C)OC(=O)[C@H](N=C(c1ccccc1)c1ccccc1)c1ccc(C(C)(C)C)cc1. The lowest BCUT2D eigenvalue weighted by atomic mass is 9.86. The fraction of sp³-hybridized carbons (Fsp3) is 0.310. The minimum absolute atomic E-state index is 0.0302. The van der Waals surface area contributed by atoms with E-state index in [2.05, 4.69) is 32.9 Å². The van der Waals surface area contributed by atoms with Crippen LogP contribution in [0.4, 0.5) is 0 Å². The number of carbonyl (C=O) groups excluding carboxylic acids is 1. The molecule has 0 aliphatic carbocycles. The number of rotatable bonds is 5. The quantitative estimate of drug-likeness (QED) is 0.328. The Morgan fingerprint density at radius 1 is 0.719 bits per heavy atom. The molecule has 0 heterocycles. The average Bonchev–Trinajstić information content (AvgIpc) is 2.74. The largest absolute Gasteiger partial charge is 0.458 e. The highest BCUT2D eigenvalue weighted by atomic mass is 16.6. The highest BCUT2D eigenvalue weighted by molar-refractivity contribution is 6.13. The molecule has 0 amide bonds. The van der Waals surface area contributed by atoms with Gasteiger partial charge >= 0.3 is 5.97 Å². The Labute approximate surface area is 192 Å². The van der Waals surface area contributed by atoms with Crippen LogP contribution in [-0.4, -0.2) is 17.3 Å². The van der Waals surface area contributed by atoms with Gasteiger partial charge in [-0.05, 0) is 37.3 Å². The number of aliphatic imine (C=N–C) groups is 1. The van der Waals surface area contributed by atoms with Crippen molar-refractivity contribution in [1.29, 1.82) is 0 Å². The van der Waals surface area contributed by atoms with E-state index in [0.29, 0.717) is 0 Å². The number of carbonyl (C=O) groups is 1. The van der Waals surface area contributed by atoms with Crippen molar-refractivity contribution >= 4 is 11.7 Å². The van der Waals surface area contributed by atoms with Crippen molar-refractivity contribution in [3.8, 4) is 0 Å². The number of nitrogens with zero attached hydrogens (tertiary/aromatic N) is 1. The van der Waals surface area contributed by atoms with E-state index >= 15 is 0 Å². The molecule has 0 aliphatic rings. The molecule has 3 nitrogen and oxygen atoms in total. The van der Waals surface area contributed by atoms with Gasteiger partial charge in [0, 0.05) is 11.1 Å². The normalized spacial score (nSPS) is 12.7. The number of esters is 1. The van der Waals surface area contributed by atoms with Gasteiger partial charge in [-0.1, -0.05) is 106 Å². The van der Waals surface area contributed by atoms with E-state index in [-0.39, 0.29) is 11.4 Å². The Bertz CT molecular complexity index is 1010. The van der Waals surface area contributed by atoms with Gasteiger partial charge in [0.15, 0.2) is 6.04 Å². The third kappa shape index (κ3) is 6.16. The fourth-order valence-electron chi connectivity index (χ4n) is 3.42. The number of benzene rings is 3. The van der Waals surface area contributed by atoms with E-state index < -0.39 is 11.6 Å². The van der Waals surface area contributed by atoms with Gasteiger partial charge in [0.25, 0.3) is 0 Å². The van der Waals surface area contributed by atoms with Crippen molar-refractivity contribution in [3.05, 3.63) is 107 Å². The number of hydrogen-bond acceptors (Lipinski definition) is 3. The van der Waals surface area contributed by atoms with E-state index in [1.165, 1.54) is 5.56 Å². The van der Waals surface area contributed by atoms with Crippen molar-refractivity contribution < 1.29 is 9.53 Å². The van der Waals surface area contributed by atoms with E-state index in [1.54, 1.807) is 0 Å². The molecule has 32 heavy (non-hydrogen) atoms. The maximum Gasteiger partial charge on any atom is 0.336 e. The van der Waals surface area contributed by atoms with Gasteiger partial charge in [-0.15, -0.1) is 0 Å². The second-order valence-corrected chi connectivity index (χ2v) is 10.0. The summed E-state index contributed by atoms with van der Waals surface area (Å²) in [6.07, 6.45) is 0. The smallest absolute Gasteiger partial charge is 0.336 e. The Morgan fingerprint density at radius 2 is 1.19 bits per heavy atom. The standard InChI is InChI=1S/C29H33NO2/c1-28(2,3)24-19-17-23(18-20-24)26(27(31)32-29(4,5)6)30-25(21-13-9-7-10-14-21)22-15-11-8-12-16-22/h7-20,26H,1-6H3/t26-/m1/s1. The van der Waals surface area contributed by atoms with Gasteiger partial charge in [-0.2, -0.15) is 0 Å². The Morgan fingerprint density at radius 3 is 1.59 bits per heavy atom. The third-order valence-electron chi connectivity index (χ3n) is 5.08.